The maximum Gasteiger partial charge on any atom is 0.203 e. The number of benzene rings is 2. The lowest BCUT2D eigenvalue weighted by molar-refractivity contribution is 0.414. The summed E-state index contributed by atoms with van der Waals surface area (Å²) >= 11 is 1.53. The van der Waals surface area contributed by atoms with E-state index >= 15 is 0 Å². The molecule has 0 radical (unpaired) electrons. The molecule has 0 saturated carbocycles. The molecule has 4 nitrogen and oxygen atoms in total. The van der Waals surface area contributed by atoms with Crippen LogP contribution in [0.25, 0.3) is 11.3 Å². The number of hydrogen-bond acceptors (Lipinski definition) is 5. The van der Waals surface area contributed by atoms with Gasteiger partial charge in [-0.05, 0) is 36.2 Å². The van der Waals surface area contributed by atoms with Crippen LogP contribution < -0.4 is 10.2 Å². The van der Waals surface area contributed by atoms with Gasteiger partial charge in [0.15, 0.2) is 0 Å². The van der Waals surface area contributed by atoms with E-state index in [9.17, 15) is 0 Å². The maximum absolute atomic E-state index is 5.20. The van der Waals surface area contributed by atoms with Crippen LogP contribution in [-0.2, 0) is 0 Å². The van der Waals surface area contributed by atoms with Crippen molar-refractivity contribution in [3.05, 3.63) is 65.0 Å². The van der Waals surface area contributed by atoms with Crippen LogP contribution in [0.1, 0.15) is 11.1 Å². The van der Waals surface area contributed by atoms with E-state index in [1.807, 2.05) is 60.8 Å². The van der Waals surface area contributed by atoms with Crippen LogP contribution in [0.4, 0.5) is 5.13 Å². The maximum atomic E-state index is 5.20. The molecule has 23 heavy (non-hydrogen) atoms. The van der Waals surface area contributed by atoms with Gasteiger partial charge in [-0.1, -0.05) is 30.3 Å². The zero-order valence-electron chi connectivity index (χ0n) is 13.0. The van der Waals surface area contributed by atoms with Gasteiger partial charge in [-0.3, -0.25) is 5.43 Å². The van der Waals surface area contributed by atoms with Crippen molar-refractivity contribution in [1.82, 2.24) is 4.98 Å². The smallest absolute Gasteiger partial charge is 0.203 e. The van der Waals surface area contributed by atoms with E-state index in [4.69, 9.17) is 4.74 Å². The second kappa shape index (κ2) is 7.07. The minimum Gasteiger partial charge on any atom is -0.497 e. The molecule has 3 aromatic rings. The van der Waals surface area contributed by atoms with Gasteiger partial charge < -0.3 is 4.74 Å². The number of nitrogens with one attached hydrogen (secondary N) is 1. The van der Waals surface area contributed by atoms with Gasteiger partial charge in [-0.25, -0.2) is 4.98 Å². The van der Waals surface area contributed by atoms with Crippen LogP contribution >= 0.6 is 11.3 Å². The molecule has 1 N–H and O–H groups in total. The molecular weight excluding hydrogens is 306 g/mol. The summed E-state index contributed by atoms with van der Waals surface area (Å²) in [6.07, 6.45) is 1.79. The van der Waals surface area contributed by atoms with Crippen LogP contribution in [0.15, 0.2) is 59.0 Å². The van der Waals surface area contributed by atoms with Crippen molar-refractivity contribution in [2.45, 2.75) is 6.92 Å². The van der Waals surface area contributed by atoms with Gasteiger partial charge in [-0.15, -0.1) is 11.3 Å². The van der Waals surface area contributed by atoms with E-state index < -0.39 is 0 Å². The van der Waals surface area contributed by atoms with Crippen LogP contribution in [0.5, 0.6) is 5.75 Å². The summed E-state index contributed by atoms with van der Waals surface area (Å²) in [5.74, 6) is 0.847. The molecule has 0 amide bonds. The molecule has 5 heteroatoms. The molecule has 0 atom stereocenters. The lowest BCUT2D eigenvalue weighted by atomic mass is 10.1. The number of hydrogen-bond donors (Lipinski definition) is 1. The van der Waals surface area contributed by atoms with Crippen molar-refractivity contribution in [1.29, 1.82) is 0 Å². The van der Waals surface area contributed by atoms with Gasteiger partial charge in [0.2, 0.25) is 5.13 Å². The minimum absolute atomic E-state index is 0.770. The number of rotatable bonds is 5. The molecule has 0 spiro atoms. The van der Waals surface area contributed by atoms with Crippen molar-refractivity contribution in [3.63, 3.8) is 0 Å². The van der Waals surface area contributed by atoms with E-state index in [0.29, 0.717) is 0 Å². The molecule has 3 rings (SSSR count). The number of methoxy groups -OCH3 is 1. The molecule has 2 aromatic carbocycles. The Labute approximate surface area is 139 Å². The van der Waals surface area contributed by atoms with Crippen molar-refractivity contribution in [2.24, 2.45) is 5.10 Å². The standard InChI is InChI=1S/C18H17N3OS/c1-13-10-16(22-2)9-8-15(13)11-19-21-18-20-17(12-23-18)14-6-4-3-5-7-14/h3-12H,1-2H3,(H,20,21). The Hall–Kier alpha value is -2.66. The molecular formula is C18H17N3OS. The number of hydrazone groups is 1. The van der Waals surface area contributed by atoms with E-state index in [0.717, 1.165) is 33.3 Å². The van der Waals surface area contributed by atoms with Gasteiger partial charge in [0.1, 0.15) is 5.75 Å². The third-order valence-electron chi connectivity index (χ3n) is 3.41. The fraction of sp³-hybridized carbons (Fsp3) is 0.111. The van der Waals surface area contributed by atoms with E-state index in [-0.39, 0.29) is 0 Å². The van der Waals surface area contributed by atoms with Gasteiger partial charge in [0.05, 0.1) is 19.0 Å². The first-order valence-corrected chi connectivity index (χ1v) is 8.09. The fourth-order valence-corrected chi connectivity index (χ4v) is 2.81. The Bertz CT molecular complexity index is 812. The summed E-state index contributed by atoms with van der Waals surface area (Å²) in [6, 6.07) is 16.0. The first-order valence-electron chi connectivity index (χ1n) is 7.21. The van der Waals surface area contributed by atoms with Gasteiger partial charge in [0, 0.05) is 10.9 Å². The highest BCUT2D eigenvalue weighted by Crippen LogP contribution is 2.24. The van der Waals surface area contributed by atoms with Crippen molar-refractivity contribution in [3.8, 4) is 17.0 Å². The zero-order chi connectivity index (χ0) is 16.1. The van der Waals surface area contributed by atoms with E-state index in [1.54, 1.807) is 13.3 Å². The second-order valence-corrected chi connectivity index (χ2v) is 5.85. The summed E-state index contributed by atoms with van der Waals surface area (Å²) in [6.45, 7) is 2.03. The van der Waals surface area contributed by atoms with Crippen LogP contribution in [0.3, 0.4) is 0 Å². The third-order valence-corrected chi connectivity index (χ3v) is 4.16. The Kier molecular flexibility index (Phi) is 4.68. The van der Waals surface area contributed by atoms with Gasteiger partial charge in [-0.2, -0.15) is 5.10 Å². The average Bonchev–Trinajstić information content (AvgIpc) is 3.06. The average molecular weight is 323 g/mol. The minimum atomic E-state index is 0.770. The quantitative estimate of drug-likeness (QED) is 0.552. The zero-order valence-corrected chi connectivity index (χ0v) is 13.8. The van der Waals surface area contributed by atoms with E-state index in [2.05, 4.69) is 15.5 Å². The SMILES string of the molecule is COc1ccc(C=NNc2nc(-c3ccccc3)cs2)c(C)c1. The van der Waals surface area contributed by atoms with Crippen LogP contribution in [0.2, 0.25) is 0 Å². The summed E-state index contributed by atoms with van der Waals surface area (Å²) in [5, 5.41) is 7.06. The summed E-state index contributed by atoms with van der Waals surface area (Å²) in [4.78, 5) is 4.54. The predicted octanol–water partition coefficient (Wildman–Crippen LogP) is 4.57. The summed E-state index contributed by atoms with van der Waals surface area (Å²) in [5.41, 5.74) is 7.19. The van der Waals surface area contributed by atoms with Gasteiger partial charge in [0.25, 0.3) is 0 Å². The first kappa shape index (κ1) is 15.2. The number of ether oxygens (including phenoxy) is 1. The number of aryl methyl sites for hydroxylation is 1. The lowest BCUT2D eigenvalue weighted by Crippen LogP contribution is -1.93. The highest BCUT2D eigenvalue weighted by Gasteiger charge is 2.03. The largest absolute Gasteiger partial charge is 0.497 e. The summed E-state index contributed by atoms with van der Waals surface area (Å²) < 4.78 is 5.20. The predicted molar refractivity (Wildman–Crippen MR) is 96.5 cm³/mol. The normalized spacial score (nSPS) is 10.9. The Morgan fingerprint density at radius 1 is 1.17 bits per heavy atom. The topological polar surface area (TPSA) is 46.5 Å². The Morgan fingerprint density at radius 2 is 2.00 bits per heavy atom. The monoisotopic (exact) mass is 323 g/mol. The Balaban J connectivity index is 1.68. The highest BCUT2D eigenvalue weighted by atomic mass is 32.1. The van der Waals surface area contributed by atoms with Crippen LogP contribution in [0, 0.1) is 6.92 Å². The lowest BCUT2D eigenvalue weighted by Gasteiger charge is -2.03. The van der Waals surface area contributed by atoms with Gasteiger partial charge >= 0.3 is 0 Å². The van der Waals surface area contributed by atoms with E-state index in [1.165, 1.54) is 11.3 Å². The van der Waals surface area contributed by atoms with Crippen molar-refractivity contribution < 1.29 is 4.74 Å². The highest BCUT2D eigenvalue weighted by molar-refractivity contribution is 7.14. The number of thiazole rings is 1. The van der Waals surface area contributed by atoms with Crippen molar-refractivity contribution >= 4 is 22.7 Å². The third kappa shape index (κ3) is 3.76. The fourth-order valence-electron chi connectivity index (χ4n) is 2.14. The van der Waals surface area contributed by atoms with Crippen molar-refractivity contribution in [2.75, 3.05) is 12.5 Å². The molecule has 0 unspecified atom stereocenters. The Morgan fingerprint density at radius 3 is 2.74 bits per heavy atom. The molecule has 0 bridgehead atoms. The molecule has 1 aromatic heterocycles. The summed E-state index contributed by atoms with van der Waals surface area (Å²) in [7, 11) is 1.66. The molecule has 0 aliphatic heterocycles. The molecule has 0 saturated heterocycles. The molecule has 116 valence electrons. The molecule has 1 heterocycles. The number of anilines is 1. The molecule has 0 aliphatic rings. The molecule has 0 aliphatic carbocycles. The second-order valence-electron chi connectivity index (χ2n) is 5.00. The number of nitrogens with zero attached hydrogens (tertiary/aromatic N) is 2. The molecule has 0 fully saturated rings. The number of aromatic nitrogens is 1. The van der Waals surface area contributed by atoms with Crippen LogP contribution in [-0.4, -0.2) is 18.3 Å². The first-order chi connectivity index (χ1) is 11.3.